The molecule has 1 aliphatic heterocycles. The molecule has 2 heterocycles. The zero-order chi connectivity index (χ0) is 14.5. The lowest BCUT2D eigenvalue weighted by atomic mass is 10.0. The summed E-state index contributed by atoms with van der Waals surface area (Å²) in [7, 11) is 0. The summed E-state index contributed by atoms with van der Waals surface area (Å²) >= 11 is 1.36. The summed E-state index contributed by atoms with van der Waals surface area (Å²) in [4.78, 5) is 29.4. The van der Waals surface area contributed by atoms with Crippen molar-refractivity contribution in [2.75, 3.05) is 18.8 Å². The molecule has 20 heavy (non-hydrogen) atoms. The van der Waals surface area contributed by atoms with Gasteiger partial charge in [-0.1, -0.05) is 6.92 Å². The molecule has 0 spiro atoms. The van der Waals surface area contributed by atoms with Crippen molar-refractivity contribution < 1.29 is 14.7 Å². The molecule has 0 bridgehead atoms. The second kappa shape index (κ2) is 6.74. The van der Waals surface area contributed by atoms with Crippen molar-refractivity contribution in [3.63, 3.8) is 0 Å². The van der Waals surface area contributed by atoms with Gasteiger partial charge in [-0.2, -0.15) is 0 Å². The first kappa shape index (κ1) is 14.8. The van der Waals surface area contributed by atoms with Crippen molar-refractivity contribution in [2.45, 2.75) is 24.7 Å². The molecule has 2 rings (SSSR count). The van der Waals surface area contributed by atoms with Crippen molar-refractivity contribution in [1.82, 2.24) is 9.88 Å². The molecule has 108 valence electrons. The summed E-state index contributed by atoms with van der Waals surface area (Å²) in [6.07, 6.45) is 3.71. The van der Waals surface area contributed by atoms with E-state index in [-0.39, 0.29) is 11.6 Å². The second-order valence-electron chi connectivity index (χ2n) is 5.06. The van der Waals surface area contributed by atoms with E-state index in [1.807, 2.05) is 4.90 Å². The highest BCUT2D eigenvalue weighted by molar-refractivity contribution is 8.00. The fourth-order valence-electron chi connectivity index (χ4n) is 2.27. The average Bonchev–Trinajstić information content (AvgIpc) is 2.45. The molecule has 0 aromatic carbocycles. The van der Waals surface area contributed by atoms with Crippen LogP contribution in [0.2, 0.25) is 0 Å². The van der Waals surface area contributed by atoms with Gasteiger partial charge >= 0.3 is 5.97 Å². The molecule has 0 aliphatic carbocycles. The number of likely N-dealkylation sites (tertiary alicyclic amines) is 1. The summed E-state index contributed by atoms with van der Waals surface area (Å²) < 4.78 is 0. The van der Waals surface area contributed by atoms with Crippen LogP contribution in [0.1, 0.15) is 30.3 Å². The van der Waals surface area contributed by atoms with Crippen molar-refractivity contribution in [3.8, 4) is 0 Å². The minimum absolute atomic E-state index is 0.00837. The van der Waals surface area contributed by atoms with Gasteiger partial charge in [0.05, 0.1) is 5.75 Å². The lowest BCUT2D eigenvalue weighted by molar-refractivity contribution is -0.130. The molecular formula is C14H18N2O3S. The number of carboxylic acids is 1. The van der Waals surface area contributed by atoms with Crippen LogP contribution in [0.4, 0.5) is 0 Å². The normalized spacial score (nSPS) is 18.9. The van der Waals surface area contributed by atoms with Crippen molar-refractivity contribution in [3.05, 3.63) is 24.0 Å². The summed E-state index contributed by atoms with van der Waals surface area (Å²) in [5.41, 5.74) is 0.00837. The van der Waals surface area contributed by atoms with Gasteiger partial charge in [0.1, 0.15) is 5.69 Å². The number of aromatic carboxylic acids is 1. The van der Waals surface area contributed by atoms with Crippen LogP contribution in [0, 0.1) is 5.92 Å². The molecular weight excluding hydrogens is 276 g/mol. The third kappa shape index (κ3) is 3.96. The van der Waals surface area contributed by atoms with Crippen LogP contribution in [0.5, 0.6) is 0 Å². The first-order valence-corrected chi connectivity index (χ1v) is 7.64. The van der Waals surface area contributed by atoms with E-state index < -0.39 is 5.97 Å². The van der Waals surface area contributed by atoms with Gasteiger partial charge in [0.15, 0.2) is 0 Å². The lowest BCUT2D eigenvalue weighted by Gasteiger charge is -2.30. The van der Waals surface area contributed by atoms with Gasteiger partial charge in [0.2, 0.25) is 5.91 Å². The molecule has 1 fully saturated rings. The van der Waals surface area contributed by atoms with Gasteiger partial charge in [0.25, 0.3) is 0 Å². The van der Waals surface area contributed by atoms with E-state index in [1.54, 1.807) is 6.07 Å². The van der Waals surface area contributed by atoms with Gasteiger partial charge in [-0.05, 0) is 30.9 Å². The maximum absolute atomic E-state index is 12.1. The molecule has 1 unspecified atom stereocenters. The molecule has 1 aromatic rings. The predicted octanol–water partition coefficient (Wildman–Crippen LogP) is 2.13. The number of aromatic nitrogens is 1. The Balaban J connectivity index is 1.89. The number of hydrogen-bond acceptors (Lipinski definition) is 4. The number of nitrogens with zero attached hydrogens (tertiary/aromatic N) is 2. The highest BCUT2D eigenvalue weighted by atomic mass is 32.2. The standard InChI is InChI=1S/C14H18N2O3S/c1-10-3-2-6-16(8-10)13(17)9-20-11-4-5-15-12(7-11)14(18)19/h4-5,7,10H,2-3,6,8-9H2,1H3,(H,18,19). The average molecular weight is 294 g/mol. The first-order chi connectivity index (χ1) is 9.56. The Hall–Kier alpha value is -1.56. The van der Waals surface area contributed by atoms with E-state index >= 15 is 0 Å². The number of rotatable bonds is 4. The maximum Gasteiger partial charge on any atom is 0.354 e. The van der Waals surface area contributed by atoms with E-state index in [0.29, 0.717) is 11.7 Å². The minimum Gasteiger partial charge on any atom is -0.477 e. The van der Waals surface area contributed by atoms with Gasteiger partial charge in [0, 0.05) is 24.2 Å². The summed E-state index contributed by atoms with van der Waals surface area (Å²) in [5, 5.41) is 8.87. The Kier molecular flexibility index (Phi) is 5.00. The first-order valence-electron chi connectivity index (χ1n) is 6.66. The fraction of sp³-hybridized carbons (Fsp3) is 0.500. The largest absolute Gasteiger partial charge is 0.477 e. The molecule has 1 aromatic heterocycles. The Morgan fingerprint density at radius 1 is 1.55 bits per heavy atom. The Labute approximate surface area is 122 Å². The van der Waals surface area contributed by atoms with Crippen LogP contribution in [0.3, 0.4) is 0 Å². The van der Waals surface area contributed by atoms with Crippen LogP contribution in [-0.2, 0) is 4.79 Å². The lowest BCUT2D eigenvalue weighted by Crippen LogP contribution is -2.40. The van der Waals surface area contributed by atoms with Crippen molar-refractivity contribution in [1.29, 1.82) is 0 Å². The van der Waals surface area contributed by atoms with E-state index in [1.165, 1.54) is 30.4 Å². The topological polar surface area (TPSA) is 70.5 Å². The number of carbonyl (C=O) groups excluding carboxylic acids is 1. The number of hydrogen-bond donors (Lipinski definition) is 1. The van der Waals surface area contributed by atoms with Gasteiger partial charge in [-0.15, -0.1) is 11.8 Å². The van der Waals surface area contributed by atoms with Crippen molar-refractivity contribution >= 4 is 23.6 Å². The number of piperidine rings is 1. The molecule has 1 aliphatic rings. The van der Waals surface area contributed by atoms with Crippen LogP contribution < -0.4 is 0 Å². The number of thioether (sulfide) groups is 1. The second-order valence-corrected chi connectivity index (χ2v) is 6.11. The zero-order valence-electron chi connectivity index (χ0n) is 11.4. The Bertz CT molecular complexity index is 507. The van der Waals surface area contributed by atoms with E-state index in [0.717, 1.165) is 24.4 Å². The summed E-state index contributed by atoms with van der Waals surface area (Å²) in [5.74, 6) is -0.0217. The highest BCUT2D eigenvalue weighted by Crippen LogP contribution is 2.21. The predicted molar refractivity (Wildman–Crippen MR) is 76.9 cm³/mol. The summed E-state index contributed by atoms with van der Waals surface area (Å²) in [6, 6.07) is 3.22. The summed E-state index contributed by atoms with van der Waals surface area (Å²) in [6.45, 7) is 3.82. The number of carboxylic acid groups (broad SMARTS) is 1. The van der Waals surface area contributed by atoms with Crippen molar-refractivity contribution in [2.24, 2.45) is 5.92 Å². The van der Waals surface area contributed by atoms with Crippen LogP contribution in [0.15, 0.2) is 23.2 Å². The number of pyridine rings is 1. The molecule has 1 saturated heterocycles. The molecule has 0 saturated carbocycles. The van der Waals surface area contributed by atoms with Crippen LogP contribution >= 0.6 is 11.8 Å². The zero-order valence-corrected chi connectivity index (χ0v) is 12.2. The van der Waals surface area contributed by atoms with Gasteiger partial charge < -0.3 is 10.0 Å². The smallest absolute Gasteiger partial charge is 0.354 e. The third-order valence-corrected chi connectivity index (χ3v) is 4.30. The highest BCUT2D eigenvalue weighted by Gasteiger charge is 2.20. The van der Waals surface area contributed by atoms with Crippen LogP contribution in [0.25, 0.3) is 0 Å². The molecule has 6 heteroatoms. The number of carbonyl (C=O) groups is 2. The van der Waals surface area contributed by atoms with E-state index in [4.69, 9.17) is 5.11 Å². The quantitative estimate of drug-likeness (QED) is 0.861. The van der Waals surface area contributed by atoms with Gasteiger partial charge in [-0.25, -0.2) is 9.78 Å². The van der Waals surface area contributed by atoms with Crippen LogP contribution in [-0.4, -0.2) is 45.7 Å². The molecule has 5 nitrogen and oxygen atoms in total. The van der Waals surface area contributed by atoms with E-state index in [9.17, 15) is 9.59 Å². The monoisotopic (exact) mass is 294 g/mol. The Morgan fingerprint density at radius 3 is 3.05 bits per heavy atom. The minimum atomic E-state index is -1.05. The van der Waals surface area contributed by atoms with Gasteiger partial charge in [-0.3, -0.25) is 4.79 Å². The fourth-order valence-corrected chi connectivity index (χ4v) is 3.09. The molecule has 1 atom stereocenters. The van der Waals surface area contributed by atoms with E-state index in [2.05, 4.69) is 11.9 Å². The molecule has 1 amide bonds. The maximum atomic E-state index is 12.1. The Morgan fingerprint density at radius 2 is 2.35 bits per heavy atom. The number of amides is 1. The molecule has 1 N–H and O–H groups in total. The third-order valence-electron chi connectivity index (χ3n) is 3.32. The SMILES string of the molecule is CC1CCCN(C(=O)CSc2ccnc(C(=O)O)c2)C1. The molecule has 0 radical (unpaired) electrons.